The second-order valence-corrected chi connectivity index (χ2v) is 4.30. The summed E-state index contributed by atoms with van der Waals surface area (Å²) in [5.41, 5.74) is 2.02. The van der Waals surface area contributed by atoms with Gasteiger partial charge in [0.2, 0.25) is 0 Å². The number of carbonyl (C=O) groups is 1. The number of methoxy groups -OCH3 is 1. The van der Waals surface area contributed by atoms with Crippen LogP contribution in [0.25, 0.3) is 11.3 Å². The molecule has 3 heteroatoms. The summed E-state index contributed by atoms with van der Waals surface area (Å²) in [5.74, 6) is 0.424. The average Bonchev–Trinajstić information content (AvgIpc) is 2.71. The van der Waals surface area contributed by atoms with Crippen LogP contribution in [-0.2, 0) is 0 Å². The molecule has 2 aromatic carbocycles. The van der Waals surface area contributed by atoms with E-state index in [0.717, 1.165) is 0 Å². The Morgan fingerprint density at radius 3 is 2.11 bits per heavy atom. The fraction of sp³-hybridized carbons (Fsp3) is 0.0625. The molecule has 0 saturated heterocycles. The van der Waals surface area contributed by atoms with Crippen LogP contribution in [0.1, 0.15) is 21.5 Å². The molecule has 0 aromatic heterocycles. The number of Topliss-reactive ketones (excluding diaryl/α,β-unsaturated/α-hetero) is 1. The van der Waals surface area contributed by atoms with Gasteiger partial charge in [-0.3, -0.25) is 4.79 Å². The Bertz CT molecular complexity index is 699. The summed E-state index contributed by atoms with van der Waals surface area (Å²) in [4.78, 5) is 12.4. The number of hydrogen-bond acceptors (Lipinski definition) is 3. The van der Waals surface area contributed by atoms with Crippen molar-refractivity contribution in [3.63, 3.8) is 0 Å². The van der Waals surface area contributed by atoms with E-state index < -0.39 is 0 Å². The predicted molar refractivity (Wildman–Crippen MR) is 73.2 cm³/mol. The number of carbonyl (C=O) groups excluding carboxylic acids is 1. The minimum absolute atomic E-state index is 0.0186. The molecule has 94 valence electrons. The SMILES string of the molecule is COc1ccccc1C1=C(O)c2ccccc2C1=O. The minimum atomic E-state index is -0.169. The van der Waals surface area contributed by atoms with Gasteiger partial charge in [-0.25, -0.2) is 0 Å². The van der Waals surface area contributed by atoms with Crippen LogP contribution in [0.3, 0.4) is 0 Å². The Kier molecular flexibility index (Phi) is 2.60. The molecule has 1 aliphatic rings. The average molecular weight is 252 g/mol. The molecule has 0 fully saturated rings. The first kappa shape index (κ1) is 11.5. The van der Waals surface area contributed by atoms with Crippen molar-refractivity contribution in [3.8, 4) is 5.75 Å². The molecule has 3 rings (SSSR count). The van der Waals surface area contributed by atoms with Gasteiger partial charge in [-0.1, -0.05) is 42.5 Å². The third-order valence-electron chi connectivity index (χ3n) is 3.27. The van der Waals surface area contributed by atoms with E-state index in [0.29, 0.717) is 28.0 Å². The highest BCUT2D eigenvalue weighted by atomic mass is 16.5. The van der Waals surface area contributed by atoms with Crippen molar-refractivity contribution < 1.29 is 14.6 Å². The van der Waals surface area contributed by atoms with Gasteiger partial charge in [0.15, 0.2) is 5.78 Å². The lowest BCUT2D eigenvalue weighted by Gasteiger charge is -2.08. The van der Waals surface area contributed by atoms with Crippen LogP contribution in [0.15, 0.2) is 48.5 Å². The summed E-state index contributed by atoms with van der Waals surface area (Å²) in [7, 11) is 1.54. The Morgan fingerprint density at radius 1 is 0.895 bits per heavy atom. The molecule has 0 atom stereocenters. The Hall–Kier alpha value is -2.55. The molecule has 0 saturated carbocycles. The van der Waals surface area contributed by atoms with Gasteiger partial charge in [-0.05, 0) is 6.07 Å². The summed E-state index contributed by atoms with van der Waals surface area (Å²) in [6.45, 7) is 0. The van der Waals surface area contributed by atoms with Crippen LogP contribution in [-0.4, -0.2) is 18.0 Å². The van der Waals surface area contributed by atoms with Gasteiger partial charge in [0, 0.05) is 16.7 Å². The number of para-hydroxylation sites is 1. The van der Waals surface area contributed by atoms with Crippen LogP contribution >= 0.6 is 0 Å². The van der Waals surface area contributed by atoms with Crippen molar-refractivity contribution in [3.05, 3.63) is 65.2 Å². The zero-order valence-corrected chi connectivity index (χ0v) is 10.4. The Balaban J connectivity index is 2.23. The van der Waals surface area contributed by atoms with Gasteiger partial charge < -0.3 is 9.84 Å². The highest BCUT2D eigenvalue weighted by Crippen LogP contribution is 2.39. The Morgan fingerprint density at radius 2 is 1.47 bits per heavy atom. The molecule has 0 bridgehead atoms. The number of aliphatic hydroxyl groups is 1. The zero-order valence-electron chi connectivity index (χ0n) is 10.4. The minimum Gasteiger partial charge on any atom is -0.506 e. The number of aliphatic hydroxyl groups excluding tert-OH is 1. The molecule has 0 unspecified atom stereocenters. The van der Waals surface area contributed by atoms with Crippen LogP contribution < -0.4 is 4.74 Å². The van der Waals surface area contributed by atoms with Crippen molar-refractivity contribution >= 4 is 17.1 Å². The van der Waals surface area contributed by atoms with Gasteiger partial charge in [-0.15, -0.1) is 0 Å². The quantitative estimate of drug-likeness (QED) is 0.891. The second kappa shape index (κ2) is 4.28. The van der Waals surface area contributed by atoms with Crippen LogP contribution in [0.4, 0.5) is 0 Å². The lowest BCUT2D eigenvalue weighted by Crippen LogP contribution is -2.00. The summed E-state index contributed by atoms with van der Waals surface area (Å²) in [5, 5.41) is 10.3. The van der Waals surface area contributed by atoms with Gasteiger partial charge >= 0.3 is 0 Å². The third-order valence-corrected chi connectivity index (χ3v) is 3.27. The molecule has 19 heavy (non-hydrogen) atoms. The smallest absolute Gasteiger partial charge is 0.198 e. The summed E-state index contributed by atoms with van der Waals surface area (Å²) in [6.07, 6.45) is 0. The molecule has 3 nitrogen and oxygen atoms in total. The van der Waals surface area contributed by atoms with E-state index in [9.17, 15) is 9.90 Å². The zero-order chi connectivity index (χ0) is 13.4. The molecular weight excluding hydrogens is 240 g/mol. The van der Waals surface area contributed by atoms with Crippen molar-refractivity contribution in [2.24, 2.45) is 0 Å². The monoisotopic (exact) mass is 252 g/mol. The van der Waals surface area contributed by atoms with Crippen molar-refractivity contribution in [1.82, 2.24) is 0 Å². The molecule has 0 spiro atoms. The van der Waals surface area contributed by atoms with E-state index in [4.69, 9.17) is 4.74 Å². The number of hydrogen-bond donors (Lipinski definition) is 1. The topological polar surface area (TPSA) is 46.5 Å². The standard InChI is InChI=1S/C16H12O3/c1-19-13-9-5-4-8-12(13)14-15(17)10-6-2-3-7-11(10)16(14)18/h2-9,17H,1H3. The summed E-state index contributed by atoms with van der Waals surface area (Å²) >= 11 is 0. The van der Waals surface area contributed by atoms with Crippen molar-refractivity contribution in [1.29, 1.82) is 0 Å². The van der Waals surface area contributed by atoms with Crippen molar-refractivity contribution in [2.45, 2.75) is 0 Å². The van der Waals surface area contributed by atoms with Crippen LogP contribution in [0.5, 0.6) is 5.75 Å². The maximum atomic E-state index is 12.4. The number of rotatable bonds is 2. The van der Waals surface area contributed by atoms with E-state index in [2.05, 4.69) is 0 Å². The molecule has 0 radical (unpaired) electrons. The third kappa shape index (κ3) is 1.63. The summed E-state index contributed by atoms with van der Waals surface area (Å²) < 4.78 is 5.26. The first-order valence-electron chi connectivity index (χ1n) is 5.94. The van der Waals surface area contributed by atoms with E-state index >= 15 is 0 Å². The number of benzene rings is 2. The largest absolute Gasteiger partial charge is 0.506 e. The van der Waals surface area contributed by atoms with E-state index in [-0.39, 0.29) is 11.5 Å². The number of ketones is 1. The maximum absolute atomic E-state index is 12.4. The highest BCUT2D eigenvalue weighted by Gasteiger charge is 2.31. The molecular formula is C16H12O3. The Labute approximate surface area is 110 Å². The lowest BCUT2D eigenvalue weighted by atomic mass is 10.0. The first-order valence-corrected chi connectivity index (χ1v) is 5.94. The highest BCUT2D eigenvalue weighted by molar-refractivity contribution is 6.39. The number of fused-ring (bicyclic) bond motifs is 1. The number of ether oxygens (including phenoxy) is 1. The molecule has 0 heterocycles. The molecule has 1 N–H and O–H groups in total. The van der Waals surface area contributed by atoms with Gasteiger partial charge in [0.1, 0.15) is 11.5 Å². The number of allylic oxidation sites excluding steroid dienone is 1. The molecule has 2 aromatic rings. The normalized spacial score (nSPS) is 13.6. The lowest BCUT2D eigenvalue weighted by molar-refractivity contribution is 0.105. The van der Waals surface area contributed by atoms with Gasteiger partial charge in [-0.2, -0.15) is 0 Å². The van der Waals surface area contributed by atoms with Gasteiger partial charge in [0.05, 0.1) is 12.7 Å². The molecule has 1 aliphatic carbocycles. The van der Waals surface area contributed by atoms with E-state index in [1.165, 1.54) is 0 Å². The molecule has 0 amide bonds. The van der Waals surface area contributed by atoms with Gasteiger partial charge in [0.25, 0.3) is 0 Å². The fourth-order valence-corrected chi connectivity index (χ4v) is 2.37. The predicted octanol–water partition coefficient (Wildman–Crippen LogP) is 3.32. The molecule has 0 aliphatic heterocycles. The fourth-order valence-electron chi connectivity index (χ4n) is 2.37. The van der Waals surface area contributed by atoms with Crippen molar-refractivity contribution in [2.75, 3.05) is 7.11 Å². The maximum Gasteiger partial charge on any atom is 0.198 e. The van der Waals surface area contributed by atoms with Crippen LogP contribution in [0.2, 0.25) is 0 Å². The second-order valence-electron chi connectivity index (χ2n) is 4.30. The summed E-state index contributed by atoms with van der Waals surface area (Å²) in [6, 6.07) is 14.2. The van der Waals surface area contributed by atoms with Crippen LogP contribution in [0, 0.1) is 0 Å². The van der Waals surface area contributed by atoms with E-state index in [1.807, 2.05) is 12.1 Å². The first-order chi connectivity index (χ1) is 9.24. The van der Waals surface area contributed by atoms with E-state index in [1.54, 1.807) is 43.5 Å².